The fraction of sp³-hybridized carbons (Fsp3) is 0.367. The molecule has 1 N–H and O–H groups in total. The van der Waals surface area contributed by atoms with Crippen molar-refractivity contribution in [3.63, 3.8) is 0 Å². The fourth-order valence-corrected chi connectivity index (χ4v) is 6.96. The molecular formula is C30H32N4O2S. The van der Waals surface area contributed by atoms with Gasteiger partial charge < -0.3 is 10.0 Å². The maximum absolute atomic E-state index is 12.4. The van der Waals surface area contributed by atoms with E-state index in [4.69, 9.17) is 4.98 Å². The summed E-state index contributed by atoms with van der Waals surface area (Å²) in [5, 5.41) is 16.5. The third-order valence-corrected chi connectivity index (χ3v) is 9.06. The smallest absolute Gasteiger partial charge is 0.346 e. The zero-order valence-electron chi connectivity index (χ0n) is 21.4. The maximum atomic E-state index is 12.4. The van der Waals surface area contributed by atoms with Gasteiger partial charge in [0.2, 0.25) is 0 Å². The van der Waals surface area contributed by atoms with E-state index in [1.165, 1.54) is 48.2 Å². The van der Waals surface area contributed by atoms with Crippen LogP contribution in [-0.4, -0.2) is 50.7 Å². The molecule has 1 aliphatic carbocycles. The van der Waals surface area contributed by atoms with E-state index in [0.29, 0.717) is 10.8 Å². The molecule has 3 aromatic heterocycles. The van der Waals surface area contributed by atoms with Crippen LogP contribution in [0.4, 0.5) is 0 Å². The van der Waals surface area contributed by atoms with Gasteiger partial charge in [0.15, 0.2) is 5.65 Å². The molecular weight excluding hydrogens is 480 g/mol. The summed E-state index contributed by atoms with van der Waals surface area (Å²) in [7, 11) is 2.18. The van der Waals surface area contributed by atoms with Crippen LogP contribution >= 0.6 is 11.3 Å². The van der Waals surface area contributed by atoms with Gasteiger partial charge in [-0.1, -0.05) is 44.0 Å². The van der Waals surface area contributed by atoms with Gasteiger partial charge in [0.25, 0.3) is 0 Å². The highest BCUT2D eigenvalue weighted by Gasteiger charge is 2.31. The van der Waals surface area contributed by atoms with Gasteiger partial charge in [-0.2, -0.15) is 5.10 Å². The number of carboxylic acids is 1. The number of imidazole rings is 1. The van der Waals surface area contributed by atoms with Gasteiger partial charge in [-0.05, 0) is 67.0 Å². The molecule has 37 heavy (non-hydrogen) atoms. The predicted molar refractivity (Wildman–Crippen MR) is 149 cm³/mol. The van der Waals surface area contributed by atoms with E-state index >= 15 is 0 Å². The van der Waals surface area contributed by atoms with Gasteiger partial charge in [0.1, 0.15) is 4.88 Å². The first kappa shape index (κ1) is 24.1. The van der Waals surface area contributed by atoms with E-state index in [1.54, 1.807) is 10.7 Å². The summed E-state index contributed by atoms with van der Waals surface area (Å²) < 4.78 is 1.78. The molecule has 1 fully saturated rings. The average molecular weight is 513 g/mol. The zero-order chi connectivity index (χ0) is 25.5. The Morgan fingerprint density at radius 1 is 1.08 bits per heavy atom. The van der Waals surface area contributed by atoms with Crippen molar-refractivity contribution in [1.29, 1.82) is 0 Å². The molecule has 0 radical (unpaired) electrons. The fourth-order valence-electron chi connectivity index (χ4n) is 6.02. The number of aromatic nitrogens is 3. The highest BCUT2D eigenvalue weighted by atomic mass is 32.1. The number of carboxylic acid groups (broad SMARTS) is 1. The summed E-state index contributed by atoms with van der Waals surface area (Å²) in [6.45, 7) is 4.24. The van der Waals surface area contributed by atoms with E-state index in [9.17, 15) is 9.90 Å². The van der Waals surface area contributed by atoms with Crippen LogP contribution in [-0.2, 0) is 0 Å². The number of fused-ring (bicyclic) bond motifs is 1. The van der Waals surface area contributed by atoms with Crippen LogP contribution in [0.2, 0.25) is 0 Å². The van der Waals surface area contributed by atoms with Crippen molar-refractivity contribution >= 4 is 28.5 Å². The van der Waals surface area contributed by atoms with Crippen LogP contribution in [0.3, 0.4) is 0 Å². The summed E-state index contributed by atoms with van der Waals surface area (Å²) in [5.41, 5.74) is 8.47. The Labute approximate surface area is 221 Å². The molecule has 0 saturated heterocycles. The number of hydrogen-bond donors (Lipinski definition) is 1. The van der Waals surface area contributed by atoms with Crippen molar-refractivity contribution in [1.82, 2.24) is 19.5 Å². The number of thiophene rings is 1. The molecule has 190 valence electrons. The summed E-state index contributed by atoms with van der Waals surface area (Å²) in [6, 6.07) is 12.2. The summed E-state index contributed by atoms with van der Waals surface area (Å²) in [6.07, 6.45) is 9.51. The maximum Gasteiger partial charge on any atom is 0.346 e. The summed E-state index contributed by atoms with van der Waals surface area (Å²) >= 11 is 1.35. The monoisotopic (exact) mass is 512 g/mol. The molecule has 4 heterocycles. The number of nitrogens with zero attached hydrogens (tertiary/aromatic N) is 4. The molecule has 7 heteroatoms. The molecule has 0 spiro atoms. The molecule has 2 aliphatic rings. The Balaban J connectivity index is 1.41. The van der Waals surface area contributed by atoms with Crippen molar-refractivity contribution in [2.75, 3.05) is 20.1 Å². The molecule has 1 aliphatic heterocycles. The van der Waals surface area contributed by atoms with E-state index in [2.05, 4.69) is 48.2 Å². The second-order valence-electron chi connectivity index (χ2n) is 10.6. The second kappa shape index (κ2) is 9.88. The Hall–Kier alpha value is -3.29. The Morgan fingerprint density at radius 2 is 1.84 bits per heavy atom. The predicted octanol–water partition coefficient (Wildman–Crippen LogP) is 6.74. The minimum Gasteiger partial charge on any atom is -0.477 e. The normalized spacial score (nSPS) is 21.0. The van der Waals surface area contributed by atoms with Crippen LogP contribution in [0.1, 0.15) is 54.3 Å². The first-order valence-corrected chi connectivity index (χ1v) is 14.0. The third-order valence-electron chi connectivity index (χ3n) is 8.10. The van der Waals surface area contributed by atoms with Crippen molar-refractivity contribution in [3.8, 4) is 22.4 Å². The number of carbonyl (C=O) groups is 1. The van der Waals surface area contributed by atoms with Gasteiger partial charge in [0.05, 0.1) is 11.9 Å². The molecule has 1 aromatic carbocycles. The number of rotatable bonds is 5. The summed E-state index contributed by atoms with van der Waals surface area (Å²) in [5.74, 6) is 0.507. The van der Waals surface area contributed by atoms with Crippen LogP contribution in [0.15, 0.2) is 59.7 Å². The first-order valence-electron chi connectivity index (χ1n) is 13.1. The zero-order valence-corrected chi connectivity index (χ0v) is 22.2. The first-order chi connectivity index (χ1) is 18.0. The topological polar surface area (TPSA) is 70.7 Å². The van der Waals surface area contributed by atoms with E-state index < -0.39 is 5.97 Å². The van der Waals surface area contributed by atoms with Crippen LogP contribution in [0, 0.1) is 11.8 Å². The van der Waals surface area contributed by atoms with Gasteiger partial charge >= 0.3 is 5.97 Å². The van der Waals surface area contributed by atoms with E-state index in [-0.39, 0.29) is 0 Å². The lowest BCUT2D eigenvalue weighted by atomic mass is 9.75. The number of hydrogen-bond acceptors (Lipinski definition) is 5. The minimum atomic E-state index is -0.830. The van der Waals surface area contributed by atoms with Crippen LogP contribution < -0.4 is 0 Å². The Kier molecular flexibility index (Phi) is 6.42. The molecule has 4 aromatic rings. The molecule has 6 rings (SSSR count). The van der Waals surface area contributed by atoms with Crippen molar-refractivity contribution in [3.05, 3.63) is 70.2 Å². The molecule has 1 saturated carbocycles. The lowest BCUT2D eigenvalue weighted by molar-refractivity contribution is 0.0702. The van der Waals surface area contributed by atoms with Crippen LogP contribution in [0.25, 0.3) is 33.6 Å². The molecule has 0 atom stereocenters. The SMILES string of the molecule is CC1CCC(C2=C(c3c(-c4ccc(-c5cn6ncccc6n5)cc4)csc3C(=O)O)CCN(C)C2)CC1. The Morgan fingerprint density at radius 3 is 2.57 bits per heavy atom. The highest BCUT2D eigenvalue weighted by Crippen LogP contribution is 2.45. The quantitative estimate of drug-likeness (QED) is 0.321. The standard InChI is InChI=1S/C30H32N4O2S/c1-19-5-7-20(8-6-19)24-16-33(2)15-13-23(24)28-25(18-37-29(28)30(35)36)21-9-11-22(12-10-21)26-17-34-27(32-26)4-3-14-31-34/h3-4,9-12,14,17-20H,5-8,13,15-16H2,1-2H3,(H,35,36). The highest BCUT2D eigenvalue weighted by molar-refractivity contribution is 7.12. The van der Waals surface area contributed by atoms with Crippen LogP contribution in [0.5, 0.6) is 0 Å². The third kappa shape index (κ3) is 4.62. The van der Waals surface area contributed by atoms with Gasteiger partial charge in [-0.15, -0.1) is 11.3 Å². The molecule has 6 nitrogen and oxygen atoms in total. The van der Waals surface area contributed by atoms with Gasteiger partial charge in [-0.25, -0.2) is 14.3 Å². The number of benzene rings is 1. The largest absolute Gasteiger partial charge is 0.477 e. The molecule has 0 amide bonds. The lowest BCUT2D eigenvalue weighted by Crippen LogP contribution is -2.32. The van der Waals surface area contributed by atoms with Crippen molar-refractivity contribution in [2.45, 2.75) is 39.0 Å². The van der Waals surface area contributed by atoms with Crippen molar-refractivity contribution < 1.29 is 9.90 Å². The Bertz CT molecular complexity index is 1440. The number of aromatic carboxylic acids is 1. The van der Waals surface area contributed by atoms with E-state index in [0.717, 1.165) is 59.0 Å². The number of likely N-dealkylation sites (N-methyl/N-ethyl adjacent to an activating group) is 1. The van der Waals surface area contributed by atoms with Gasteiger partial charge in [0, 0.05) is 41.4 Å². The van der Waals surface area contributed by atoms with Crippen molar-refractivity contribution in [2.24, 2.45) is 11.8 Å². The molecule has 0 unspecified atom stereocenters. The lowest BCUT2D eigenvalue weighted by Gasteiger charge is -2.36. The molecule has 0 bridgehead atoms. The summed E-state index contributed by atoms with van der Waals surface area (Å²) in [4.78, 5) is 19.9. The second-order valence-corrected chi connectivity index (χ2v) is 11.5. The minimum absolute atomic E-state index is 0.465. The van der Waals surface area contributed by atoms with E-state index in [1.807, 2.05) is 23.7 Å². The average Bonchev–Trinajstić information content (AvgIpc) is 3.54. The van der Waals surface area contributed by atoms with Gasteiger partial charge in [-0.3, -0.25) is 0 Å².